The van der Waals surface area contributed by atoms with Crippen molar-refractivity contribution in [2.24, 2.45) is 11.8 Å². The maximum atomic E-state index is 12.6. The fraction of sp³-hybridized carbons (Fsp3) is 1.00. The van der Waals surface area contributed by atoms with Gasteiger partial charge in [0.15, 0.2) is 0 Å². The third kappa shape index (κ3) is 1.58. The van der Waals surface area contributed by atoms with E-state index in [1.165, 1.54) is 0 Å². The largest absolute Gasteiger partial charge is 0.390 e. The van der Waals surface area contributed by atoms with Gasteiger partial charge in [0.05, 0.1) is 5.60 Å². The van der Waals surface area contributed by atoms with E-state index in [2.05, 4.69) is 0 Å². The van der Waals surface area contributed by atoms with E-state index in [1.807, 2.05) is 6.92 Å². The van der Waals surface area contributed by atoms with Crippen molar-refractivity contribution in [1.82, 2.24) is 0 Å². The van der Waals surface area contributed by atoms with Gasteiger partial charge in [-0.25, -0.2) is 8.78 Å². The normalized spacial score (nSPS) is 48.0. The average Bonchev–Trinajstić information content (AvgIpc) is 2.42. The monoisotopic (exact) mass is 190 g/mol. The molecule has 0 aromatic heterocycles. The molecule has 2 saturated carbocycles. The van der Waals surface area contributed by atoms with Gasteiger partial charge in [-0.2, -0.15) is 0 Å². The summed E-state index contributed by atoms with van der Waals surface area (Å²) >= 11 is 0. The van der Waals surface area contributed by atoms with Gasteiger partial charge in [0.2, 0.25) is 0 Å². The first-order valence-corrected chi connectivity index (χ1v) is 5.04. The third-order valence-electron chi connectivity index (χ3n) is 3.72. The molecule has 0 saturated heterocycles. The lowest BCUT2D eigenvalue weighted by Gasteiger charge is -2.27. The molecule has 2 aliphatic rings. The topological polar surface area (TPSA) is 20.2 Å². The molecule has 1 N–H and O–H groups in total. The maximum absolute atomic E-state index is 12.6. The molecule has 0 bridgehead atoms. The molecule has 3 heteroatoms. The van der Waals surface area contributed by atoms with Crippen LogP contribution >= 0.6 is 0 Å². The highest BCUT2D eigenvalue weighted by Gasteiger charge is 2.59. The van der Waals surface area contributed by atoms with Gasteiger partial charge in [0.25, 0.3) is 5.92 Å². The first kappa shape index (κ1) is 9.38. The van der Waals surface area contributed by atoms with Gasteiger partial charge < -0.3 is 5.11 Å². The van der Waals surface area contributed by atoms with E-state index >= 15 is 0 Å². The Morgan fingerprint density at radius 1 is 1.46 bits per heavy atom. The number of alkyl halides is 2. The summed E-state index contributed by atoms with van der Waals surface area (Å²) in [5.41, 5.74) is -0.787. The van der Waals surface area contributed by atoms with Crippen LogP contribution in [0.2, 0.25) is 0 Å². The zero-order chi connectivity index (χ0) is 9.69. The molecular weight excluding hydrogens is 174 g/mol. The van der Waals surface area contributed by atoms with Gasteiger partial charge in [-0.1, -0.05) is 13.3 Å². The molecular formula is C10H16F2O. The molecule has 0 radical (unpaired) electrons. The highest BCUT2D eigenvalue weighted by Crippen LogP contribution is 2.55. The summed E-state index contributed by atoms with van der Waals surface area (Å²) in [4.78, 5) is 0. The molecule has 3 unspecified atom stereocenters. The van der Waals surface area contributed by atoms with Gasteiger partial charge in [0.1, 0.15) is 0 Å². The minimum atomic E-state index is -2.47. The summed E-state index contributed by atoms with van der Waals surface area (Å²) < 4.78 is 25.3. The molecule has 3 atom stereocenters. The standard InChI is InChI=1S/C10H16F2O/c1-7-3-2-4-9(7,13)5-8-6-10(8,11)12/h7-8,13H,2-6H2,1H3. The molecule has 0 aromatic rings. The molecule has 76 valence electrons. The Kier molecular flexibility index (Phi) is 1.92. The molecule has 0 aliphatic heterocycles. The van der Waals surface area contributed by atoms with Crippen LogP contribution in [0, 0.1) is 11.8 Å². The smallest absolute Gasteiger partial charge is 0.251 e. The Balaban J connectivity index is 1.94. The van der Waals surface area contributed by atoms with E-state index in [1.54, 1.807) is 0 Å². The second-order valence-electron chi connectivity index (χ2n) is 4.76. The highest BCUT2D eigenvalue weighted by atomic mass is 19.3. The Labute approximate surface area is 77.1 Å². The minimum Gasteiger partial charge on any atom is -0.390 e. The Bertz CT molecular complexity index is 217. The molecule has 0 spiro atoms. The summed E-state index contributed by atoms with van der Waals surface area (Å²) in [5, 5.41) is 10.1. The van der Waals surface area contributed by atoms with E-state index < -0.39 is 17.4 Å². The molecule has 2 fully saturated rings. The first-order chi connectivity index (χ1) is 5.94. The maximum Gasteiger partial charge on any atom is 0.251 e. The molecule has 2 rings (SSSR count). The van der Waals surface area contributed by atoms with Crippen LogP contribution < -0.4 is 0 Å². The van der Waals surface area contributed by atoms with Crippen molar-refractivity contribution in [2.75, 3.05) is 0 Å². The second-order valence-corrected chi connectivity index (χ2v) is 4.76. The Morgan fingerprint density at radius 2 is 2.08 bits per heavy atom. The average molecular weight is 190 g/mol. The zero-order valence-electron chi connectivity index (χ0n) is 7.89. The third-order valence-corrected chi connectivity index (χ3v) is 3.72. The van der Waals surface area contributed by atoms with Crippen molar-refractivity contribution in [3.63, 3.8) is 0 Å². The SMILES string of the molecule is CC1CCCC1(O)CC1CC1(F)F. The van der Waals surface area contributed by atoms with E-state index in [4.69, 9.17) is 0 Å². The number of rotatable bonds is 2. The van der Waals surface area contributed by atoms with Gasteiger partial charge in [-0.3, -0.25) is 0 Å². The molecule has 13 heavy (non-hydrogen) atoms. The summed E-state index contributed by atoms with van der Waals surface area (Å²) in [6, 6.07) is 0. The van der Waals surface area contributed by atoms with E-state index in [9.17, 15) is 13.9 Å². The quantitative estimate of drug-likeness (QED) is 0.709. The van der Waals surface area contributed by atoms with E-state index in [-0.39, 0.29) is 12.3 Å². The van der Waals surface area contributed by atoms with Crippen molar-refractivity contribution in [1.29, 1.82) is 0 Å². The lowest BCUT2D eigenvalue weighted by molar-refractivity contribution is -0.0181. The highest BCUT2D eigenvalue weighted by molar-refractivity contribution is 5.02. The van der Waals surface area contributed by atoms with E-state index in [0.717, 1.165) is 12.8 Å². The van der Waals surface area contributed by atoms with Crippen LogP contribution in [0.5, 0.6) is 0 Å². The molecule has 2 aliphatic carbocycles. The molecule has 0 amide bonds. The van der Waals surface area contributed by atoms with Crippen molar-refractivity contribution >= 4 is 0 Å². The van der Waals surface area contributed by atoms with Gasteiger partial charge >= 0.3 is 0 Å². The summed E-state index contributed by atoms with van der Waals surface area (Å²) in [6.45, 7) is 1.97. The van der Waals surface area contributed by atoms with Gasteiger partial charge in [-0.05, 0) is 25.2 Å². The Morgan fingerprint density at radius 3 is 2.46 bits per heavy atom. The summed E-state index contributed by atoms with van der Waals surface area (Å²) in [7, 11) is 0. The number of hydrogen-bond acceptors (Lipinski definition) is 1. The molecule has 1 nitrogen and oxygen atoms in total. The van der Waals surface area contributed by atoms with Crippen LogP contribution in [-0.4, -0.2) is 16.6 Å². The number of aliphatic hydroxyl groups is 1. The van der Waals surface area contributed by atoms with Crippen molar-refractivity contribution < 1.29 is 13.9 Å². The van der Waals surface area contributed by atoms with Gasteiger partial charge in [0, 0.05) is 12.3 Å². The van der Waals surface area contributed by atoms with Crippen LogP contribution in [0.3, 0.4) is 0 Å². The summed E-state index contributed by atoms with van der Waals surface area (Å²) in [5.74, 6) is -2.82. The summed E-state index contributed by atoms with van der Waals surface area (Å²) in [6.07, 6.45) is 2.97. The first-order valence-electron chi connectivity index (χ1n) is 5.04. The van der Waals surface area contributed by atoms with Gasteiger partial charge in [-0.15, -0.1) is 0 Å². The van der Waals surface area contributed by atoms with Crippen LogP contribution in [0.15, 0.2) is 0 Å². The zero-order valence-corrected chi connectivity index (χ0v) is 7.89. The van der Waals surface area contributed by atoms with Crippen LogP contribution in [0.4, 0.5) is 8.78 Å². The fourth-order valence-corrected chi connectivity index (χ4v) is 2.45. The van der Waals surface area contributed by atoms with Crippen molar-refractivity contribution in [3.05, 3.63) is 0 Å². The lowest BCUT2D eigenvalue weighted by atomic mass is 9.87. The fourth-order valence-electron chi connectivity index (χ4n) is 2.45. The number of hydrogen-bond donors (Lipinski definition) is 1. The molecule has 0 aromatic carbocycles. The van der Waals surface area contributed by atoms with Crippen molar-refractivity contribution in [2.45, 2.75) is 50.6 Å². The predicted octanol–water partition coefficient (Wildman–Crippen LogP) is 2.58. The van der Waals surface area contributed by atoms with Crippen LogP contribution in [0.25, 0.3) is 0 Å². The molecule has 0 heterocycles. The van der Waals surface area contributed by atoms with Crippen molar-refractivity contribution in [3.8, 4) is 0 Å². The second kappa shape index (κ2) is 2.66. The Hall–Kier alpha value is -0.180. The van der Waals surface area contributed by atoms with Crippen LogP contribution in [0.1, 0.15) is 39.0 Å². The van der Waals surface area contributed by atoms with E-state index in [0.29, 0.717) is 12.8 Å². The lowest BCUT2D eigenvalue weighted by Crippen LogP contribution is -2.32. The minimum absolute atomic E-state index is 0.0119. The predicted molar refractivity (Wildman–Crippen MR) is 45.6 cm³/mol. The van der Waals surface area contributed by atoms with Crippen LogP contribution in [-0.2, 0) is 0 Å². The number of halogens is 2.